The van der Waals surface area contributed by atoms with Gasteiger partial charge in [0.25, 0.3) is 0 Å². The number of nitrogens with zero attached hydrogens (tertiary/aromatic N) is 1. The van der Waals surface area contributed by atoms with Gasteiger partial charge in [-0.2, -0.15) is 0 Å². The summed E-state index contributed by atoms with van der Waals surface area (Å²) in [5.74, 6) is -1.49. The molecule has 0 bridgehead atoms. The lowest BCUT2D eigenvalue weighted by atomic mass is 10.1. The molecule has 33 heavy (non-hydrogen) atoms. The van der Waals surface area contributed by atoms with Crippen LogP contribution < -0.4 is 20.7 Å². The van der Waals surface area contributed by atoms with Gasteiger partial charge in [0.05, 0.1) is 15.2 Å². The van der Waals surface area contributed by atoms with Crippen LogP contribution in [0.15, 0.2) is 24.3 Å². The van der Waals surface area contributed by atoms with Crippen molar-refractivity contribution in [3.05, 3.63) is 51.5 Å². The zero-order chi connectivity index (χ0) is 24.1. The van der Waals surface area contributed by atoms with Gasteiger partial charge in [-0.3, -0.25) is 5.32 Å². The van der Waals surface area contributed by atoms with Crippen molar-refractivity contribution in [1.29, 1.82) is 0 Å². The number of thiazole rings is 1. The van der Waals surface area contributed by atoms with E-state index in [9.17, 15) is 18.4 Å². The van der Waals surface area contributed by atoms with E-state index in [4.69, 9.17) is 33.0 Å². The summed E-state index contributed by atoms with van der Waals surface area (Å²) in [6, 6.07) is 4.50. The Hall–Kier alpha value is -2.89. The fraction of sp³-hybridized carbons (Fsp3) is 0.250. The largest absolute Gasteiger partial charge is 0.483 e. The number of ether oxygens (including phenoxy) is 1. The molecule has 0 aliphatic heterocycles. The van der Waals surface area contributed by atoms with Crippen molar-refractivity contribution < 1.29 is 28.2 Å². The first-order valence-electron chi connectivity index (χ1n) is 9.57. The third kappa shape index (κ3) is 6.34. The standard InChI is InChI=1S/C20H18Cl2F2N4O4S/c1-9(16-10(21)3-4-11(23)17(16)22)32-14-8-15-13(7-12(14)24)27-19(33-15)28-18(29)25-5-2-6-26-20(30)31/h3-4,7-9,26H,2,5-6H2,1H3,(H,30,31)(H2,25,27,28,29). The molecule has 1 unspecified atom stereocenters. The number of amides is 3. The van der Waals surface area contributed by atoms with Crippen LogP contribution in [0, 0.1) is 11.6 Å². The summed E-state index contributed by atoms with van der Waals surface area (Å²) in [6.07, 6.45) is -1.58. The number of fused-ring (bicyclic) bond motifs is 1. The van der Waals surface area contributed by atoms with E-state index in [0.717, 1.165) is 23.5 Å². The summed E-state index contributed by atoms with van der Waals surface area (Å²) in [5, 5.41) is 16.0. The molecule has 3 rings (SSSR count). The molecule has 0 aliphatic carbocycles. The van der Waals surface area contributed by atoms with E-state index in [0.29, 0.717) is 16.6 Å². The number of carbonyl (C=O) groups is 2. The SMILES string of the molecule is CC(Oc1cc2sc(NC(=O)NCCCNC(=O)O)nc2cc1F)c1c(Cl)ccc(F)c1Cl. The van der Waals surface area contributed by atoms with Crippen molar-refractivity contribution in [2.75, 3.05) is 18.4 Å². The average Bonchev–Trinajstić information content (AvgIpc) is 3.11. The minimum absolute atomic E-state index is 0.114. The molecule has 1 atom stereocenters. The van der Waals surface area contributed by atoms with Crippen molar-refractivity contribution in [2.24, 2.45) is 0 Å². The van der Waals surface area contributed by atoms with Gasteiger partial charge in [-0.05, 0) is 25.5 Å². The maximum atomic E-state index is 14.6. The number of carboxylic acid groups (broad SMARTS) is 1. The number of urea groups is 1. The maximum Gasteiger partial charge on any atom is 0.404 e. The van der Waals surface area contributed by atoms with Gasteiger partial charge in [-0.1, -0.05) is 34.5 Å². The molecule has 0 saturated carbocycles. The first-order chi connectivity index (χ1) is 15.7. The highest BCUT2D eigenvalue weighted by molar-refractivity contribution is 7.22. The maximum absolute atomic E-state index is 14.6. The van der Waals surface area contributed by atoms with Crippen molar-refractivity contribution >= 4 is 62.0 Å². The van der Waals surface area contributed by atoms with Crippen LogP contribution in [-0.2, 0) is 0 Å². The molecule has 13 heteroatoms. The number of hydrogen-bond acceptors (Lipinski definition) is 5. The fourth-order valence-corrected chi connectivity index (χ4v) is 4.41. The van der Waals surface area contributed by atoms with Crippen molar-refractivity contribution in [3.8, 4) is 5.75 Å². The second kappa shape index (κ2) is 10.8. The van der Waals surface area contributed by atoms with Crippen LogP contribution >= 0.6 is 34.5 Å². The van der Waals surface area contributed by atoms with E-state index in [2.05, 4.69) is 20.9 Å². The van der Waals surface area contributed by atoms with E-state index >= 15 is 0 Å². The predicted molar refractivity (Wildman–Crippen MR) is 123 cm³/mol. The Balaban J connectivity index is 1.68. The highest BCUT2D eigenvalue weighted by Gasteiger charge is 2.21. The molecule has 0 fully saturated rings. The van der Waals surface area contributed by atoms with E-state index in [1.807, 2.05) is 0 Å². The van der Waals surface area contributed by atoms with Crippen LogP contribution in [0.5, 0.6) is 5.75 Å². The molecule has 0 aliphatic rings. The van der Waals surface area contributed by atoms with Gasteiger partial charge >= 0.3 is 12.1 Å². The molecule has 2 aromatic carbocycles. The molecular formula is C20H18Cl2F2N4O4S. The van der Waals surface area contributed by atoms with Crippen molar-refractivity contribution in [1.82, 2.24) is 15.6 Å². The number of nitrogens with one attached hydrogen (secondary N) is 3. The number of halogens is 4. The Labute approximate surface area is 200 Å². The third-order valence-electron chi connectivity index (χ3n) is 4.37. The van der Waals surface area contributed by atoms with Crippen molar-refractivity contribution in [2.45, 2.75) is 19.4 Å². The van der Waals surface area contributed by atoms with Gasteiger partial charge in [-0.15, -0.1) is 0 Å². The topological polar surface area (TPSA) is 113 Å². The molecule has 1 aromatic heterocycles. The average molecular weight is 519 g/mol. The molecule has 8 nitrogen and oxygen atoms in total. The molecule has 176 valence electrons. The number of anilines is 1. The minimum Gasteiger partial charge on any atom is -0.483 e. The predicted octanol–water partition coefficient (Wildman–Crippen LogP) is 5.80. The summed E-state index contributed by atoms with van der Waals surface area (Å²) < 4.78 is 34.6. The van der Waals surface area contributed by atoms with Gasteiger partial charge in [0, 0.05) is 35.8 Å². The smallest absolute Gasteiger partial charge is 0.404 e. The van der Waals surface area contributed by atoms with Crippen molar-refractivity contribution in [3.63, 3.8) is 0 Å². The van der Waals surface area contributed by atoms with Gasteiger partial charge in [0.15, 0.2) is 16.7 Å². The van der Waals surface area contributed by atoms with E-state index < -0.39 is 29.9 Å². The monoisotopic (exact) mass is 518 g/mol. The fourth-order valence-electron chi connectivity index (χ4n) is 2.87. The number of aromatic nitrogens is 1. The highest BCUT2D eigenvalue weighted by Crippen LogP contribution is 2.37. The highest BCUT2D eigenvalue weighted by atomic mass is 35.5. The molecular weight excluding hydrogens is 501 g/mol. The Kier molecular flexibility index (Phi) is 8.11. The summed E-state index contributed by atoms with van der Waals surface area (Å²) in [6.45, 7) is 2.00. The lowest BCUT2D eigenvalue weighted by Crippen LogP contribution is -2.32. The quantitative estimate of drug-likeness (QED) is 0.222. The Bertz CT molecular complexity index is 1190. The molecule has 0 spiro atoms. The summed E-state index contributed by atoms with van der Waals surface area (Å²) in [4.78, 5) is 26.5. The Morgan fingerprint density at radius 2 is 1.91 bits per heavy atom. The summed E-state index contributed by atoms with van der Waals surface area (Å²) >= 11 is 13.2. The normalized spacial score (nSPS) is 11.8. The number of hydrogen-bond donors (Lipinski definition) is 4. The number of carbonyl (C=O) groups excluding carboxylic acids is 1. The molecule has 0 radical (unpaired) electrons. The number of rotatable bonds is 8. The second-order valence-corrected chi connectivity index (χ2v) is 8.57. The lowest BCUT2D eigenvalue weighted by molar-refractivity contribution is 0.194. The lowest BCUT2D eigenvalue weighted by Gasteiger charge is -2.18. The van der Waals surface area contributed by atoms with Crippen LogP contribution in [0.1, 0.15) is 25.0 Å². The van der Waals surface area contributed by atoms with Crippen LogP contribution in [0.4, 0.5) is 23.5 Å². The third-order valence-corrected chi connectivity index (χ3v) is 6.01. The zero-order valence-corrected chi connectivity index (χ0v) is 19.4. The molecule has 1 heterocycles. The molecule has 3 amide bonds. The van der Waals surface area contributed by atoms with Crippen LogP contribution in [0.25, 0.3) is 10.2 Å². The van der Waals surface area contributed by atoms with E-state index in [1.54, 1.807) is 6.92 Å². The van der Waals surface area contributed by atoms with Crippen LogP contribution in [-0.4, -0.2) is 35.3 Å². The van der Waals surface area contributed by atoms with E-state index in [-0.39, 0.29) is 39.6 Å². The first kappa shape index (κ1) is 24.7. The molecule has 3 aromatic rings. The summed E-state index contributed by atoms with van der Waals surface area (Å²) in [7, 11) is 0. The summed E-state index contributed by atoms with van der Waals surface area (Å²) in [5.41, 5.74) is 0.500. The van der Waals surface area contributed by atoms with Gasteiger partial charge in [-0.25, -0.2) is 23.4 Å². The minimum atomic E-state index is -1.14. The Morgan fingerprint density at radius 3 is 2.64 bits per heavy atom. The van der Waals surface area contributed by atoms with Crippen LogP contribution in [0.2, 0.25) is 10.0 Å². The van der Waals surface area contributed by atoms with Gasteiger partial charge < -0.3 is 20.5 Å². The molecule has 4 N–H and O–H groups in total. The van der Waals surface area contributed by atoms with E-state index in [1.165, 1.54) is 12.1 Å². The Morgan fingerprint density at radius 1 is 1.18 bits per heavy atom. The first-order valence-corrected chi connectivity index (χ1v) is 11.1. The molecule has 0 saturated heterocycles. The van der Waals surface area contributed by atoms with Crippen LogP contribution in [0.3, 0.4) is 0 Å². The van der Waals surface area contributed by atoms with Gasteiger partial charge in [0.1, 0.15) is 11.9 Å². The zero-order valence-electron chi connectivity index (χ0n) is 17.0. The number of benzene rings is 2. The van der Waals surface area contributed by atoms with Gasteiger partial charge in [0.2, 0.25) is 0 Å². The second-order valence-electron chi connectivity index (χ2n) is 6.75.